The van der Waals surface area contributed by atoms with Crippen LogP contribution in [-0.2, 0) is 9.53 Å². The molecular formula is C14H16N2O5. The second-order valence-electron chi connectivity index (χ2n) is 4.56. The van der Waals surface area contributed by atoms with Gasteiger partial charge in [0.2, 0.25) is 0 Å². The first kappa shape index (κ1) is 15.1. The fourth-order valence-corrected chi connectivity index (χ4v) is 2.02. The van der Waals surface area contributed by atoms with Crippen molar-refractivity contribution in [3.05, 3.63) is 35.7 Å². The van der Waals surface area contributed by atoms with Gasteiger partial charge in [0.1, 0.15) is 5.69 Å². The molecule has 0 saturated carbocycles. The number of hydrogen-bond acceptors (Lipinski definition) is 5. The van der Waals surface area contributed by atoms with Crippen LogP contribution in [0.15, 0.2) is 24.4 Å². The Hall–Kier alpha value is -2.25. The van der Waals surface area contributed by atoms with Gasteiger partial charge in [0.05, 0.1) is 25.9 Å². The maximum absolute atomic E-state index is 12.3. The van der Waals surface area contributed by atoms with E-state index >= 15 is 0 Å². The van der Waals surface area contributed by atoms with Gasteiger partial charge >= 0.3 is 5.97 Å². The summed E-state index contributed by atoms with van der Waals surface area (Å²) in [7, 11) is 0. The minimum atomic E-state index is -1.05. The number of carbonyl (C=O) groups is 2. The highest BCUT2D eigenvalue weighted by Gasteiger charge is 2.28. The van der Waals surface area contributed by atoms with E-state index in [1.807, 2.05) is 0 Å². The van der Waals surface area contributed by atoms with E-state index in [0.717, 1.165) is 6.08 Å². The topological polar surface area (TPSA) is 100.0 Å². The van der Waals surface area contributed by atoms with Crippen LogP contribution in [0.4, 0.5) is 0 Å². The Labute approximate surface area is 121 Å². The summed E-state index contributed by atoms with van der Waals surface area (Å²) < 4.78 is 5.22. The summed E-state index contributed by atoms with van der Waals surface area (Å²) in [6, 6.07) is 2.79. The molecule has 0 bridgehead atoms. The average molecular weight is 292 g/mol. The van der Waals surface area contributed by atoms with Gasteiger partial charge in [-0.1, -0.05) is 6.07 Å². The van der Waals surface area contributed by atoms with Gasteiger partial charge < -0.3 is 19.8 Å². The van der Waals surface area contributed by atoms with E-state index < -0.39 is 5.97 Å². The number of rotatable bonds is 4. The highest BCUT2D eigenvalue weighted by Crippen LogP contribution is 2.12. The first-order valence-corrected chi connectivity index (χ1v) is 6.48. The summed E-state index contributed by atoms with van der Waals surface area (Å²) in [5.74, 6) is -1.32. The number of carboxylic acid groups (broad SMARTS) is 1. The lowest BCUT2D eigenvalue weighted by molar-refractivity contribution is -0.131. The van der Waals surface area contributed by atoms with Crippen LogP contribution in [0.25, 0.3) is 6.08 Å². The average Bonchev–Trinajstić information content (AvgIpc) is 2.52. The third-order valence-corrected chi connectivity index (χ3v) is 3.12. The molecular weight excluding hydrogens is 276 g/mol. The third kappa shape index (κ3) is 3.87. The summed E-state index contributed by atoms with van der Waals surface area (Å²) in [5.41, 5.74) is 0.845. The predicted molar refractivity (Wildman–Crippen MR) is 73.6 cm³/mol. The summed E-state index contributed by atoms with van der Waals surface area (Å²) in [6.07, 6.45) is 3.83. The van der Waals surface area contributed by atoms with E-state index in [1.165, 1.54) is 18.3 Å². The zero-order valence-corrected chi connectivity index (χ0v) is 11.3. The largest absolute Gasteiger partial charge is 0.478 e. The van der Waals surface area contributed by atoms with Crippen LogP contribution in [0.1, 0.15) is 16.1 Å². The van der Waals surface area contributed by atoms with Crippen molar-refractivity contribution in [2.75, 3.05) is 26.4 Å². The molecule has 2 heterocycles. The van der Waals surface area contributed by atoms with E-state index in [1.54, 1.807) is 11.0 Å². The number of aliphatic hydroxyl groups excluding tert-OH is 1. The standard InChI is InChI=1S/C14H16N2O5/c17-8-11-9-21-6-5-16(11)14(20)12-3-1-10(7-15-12)2-4-13(18)19/h1-4,7,11,17H,5-6,8-9H2,(H,18,19)/b4-2+. The maximum atomic E-state index is 12.3. The molecule has 1 saturated heterocycles. The quantitative estimate of drug-likeness (QED) is 0.758. The lowest BCUT2D eigenvalue weighted by Crippen LogP contribution is -2.50. The fraction of sp³-hybridized carbons (Fsp3) is 0.357. The van der Waals surface area contributed by atoms with Gasteiger partial charge in [-0.2, -0.15) is 0 Å². The van der Waals surface area contributed by atoms with E-state index in [9.17, 15) is 14.7 Å². The predicted octanol–water partition coefficient (Wildman–Crippen LogP) is 0.0127. The summed E-state index contributed by atoms with van der Waals surface area (Å²) in [4.78, 5) is 28.3. The molecule has 0 spiro atoms. The van der Waals surface area contributed by atoms with Crippen LogP contribution >= 0.6 is 0 Å². The Morgan fingerprint density at radius 3 is 2.90 bits per heavy atom. The zero-order chi connectivity index (χ0) is 15.2. The molecule has 1 aliphatic rings. The molecule has 1 unspecified atom stereocenters. The minimum absolute atomic E-state index is 0.162. The zero-order valence-electron chi connectivity index (χ0n) is 11.3. The van der Waals surface area contributed by atoms with Crippen molar-refractivity contribution in [2.45, 2.75) is 6.04 Å². The lowest BCUT2D eigenvalue weighted by Gasteiger charge is -2.34. The Balaban J connectivity index is 2.10. The van der Waals surface area contributed by atoms with Crippen LogP contribution in [0.5, 0.6) is 0 Å². The number of ether oxygens (including phenoxy) is 1. The fourth-order valence-electron chi connectivity index (χ4n) is 2.02. The van der Waals surface area contributed by atoms with Crippen LogP contribution < -0.4 is 0 Å². The second kappa shape index (κ2) is 6.96. The molecule has 112 valence electrons. The van der Waals surface area contributed by atoms with Crippen LogP contribution in [0.3, 0.4) is 0 Å². The van der Waals surface area contributed by atoms with Crippen molar-refractivity contribution >= 4 is 18.0 Å². The summed E-state index contributed by atoms with van der Waals surface area (Å²) >= 11 is 0. The Morgan fingerprint density at radius 2 is 2.29 bits per heavy atom. The summed E-state index contributed by atoms with van der Waals surface area (Å²) in [5, 5.41) is 17.8. The van der Waals surface area contributed by atoms with E-state index in [4.69, 9.17) is 9.84 Å². The molecule has 0 radical (unpaired) electrons. The normalized spacial score (nSPS) is 18.9. The molecule has 1 amide bonds. The van der Waals surface area contributed by atoms with Crippen molar-refractivity contribution < 1.29 is 24.5 Å². The van der Waals surface area contributed by atoms with Gasteiger partial charge in [0, 0.05) is 18.8 Å². The molecule has 1 aromatic heterocycles. The number of hydrogen-bond donors (Lipinski definition) is 2. The van der Waals surface area contributed by atoms with Crippen molar-refractivity contribution in [3.8, 4) is 0 Å². The number of amides is 1. The third-order valence-electron chi connectivity index (χ3n) is 3.12. The van der Waals surface area contributed by atoms with Crippen molar-refractivity contribution in [3.63, 3.8) is 0 Å². The molecule has 0 aliphatic carbocycles. The molecule has 1 atom stereocenters. The number of carboxylic acids is 1. The molecule has 1 aliphatic heterocycles. The molecule has 21 heavy (non-hydrogen) atoms. The molecule has 2 N–H and O–H groups in total. The molecule has 1 aromatic rings. The van der Waals surface area contributed by atoms with E-state index in [0.29, 0.717) is 25.3 Å². The van der Waals surface area contributed by atoms with Gasteiger partial charge in [-0.3, -0.25) is 9.78 Å². The van der Waals surface area contributed by atoms with E-state index in [-0.39, 0.29) is 24.2 Å². The van der Waals surface area contributed by atoms with Gasteiger partial charge in [-0.05, 0) is 17.7 Å². The van der Waals surface area contributed by atoms with Gasteiger partial charge in [-0.25, -0.2) is 4.79 Å². The SMILES string of the molecule is O=C(O)/C=C/c1ccc(C(=O)N2CCOCC2CO)nc1. The molecule has 2 rings (SSSR count). The van der Waals surface area contributed by atoms with E-state index in [2.05, 4.69) is 4.98 Å². The van der Waals surface area contributed by atoms with Gasteiger partial charge in [0.15, 0.2) is 0 Å². The number of morpholine rings is 1. The number of carbonyl (C=O) groups excluding carboxylic acids is 1. The molecule has 0 aromatic carbocycles. The molecule has 7 heteroatoms. The number of aromatic nitrogens is 1. The smallest absolute Gasteiger partial charge is 0.328 e. The number of nitrogens with zero attached hydrogens (tertiary/aromatic N) is 2. The number of aliphatic carboxylic acids is 1. The molecule has 1 fully saturated rings. The van der Waals surface area contributed by atoms with Gasteiger partial charge in [0.25, 0.3) is 5.91 Å². The van der Waals surface area contributed by atoms with Crippen molar-refractivity contribution in [2.24, 2.45) is 0 Å². The minimum Gasteiger partial charge on any atom is -0.478 e. The van der Waals surface area contributed by atoms with Crippen LogP contribution in [0.2, 0.25) is 0 Å². The second-order valence-corrected chi connectivity index (χ2v) is 4.56. The van der Waals surface area contributed by atoms with Crippen molar-refractivity contribution in [1.29, 1.82) is 0 Å². The first-order chi connectivity index (χ1) is 10.1. The Morgan fingerprint density at radius 1 is 1.48 bits per heavy atom. The lowest BCUT2D eigenvalue weighted by atomic mass is 10.2. The summed E-state index contributed by atoms with van der Waals surface area (Å²) in [6.45, 7) is 0.987. The highest BCUT2D eigenvalue weighted by atomic mass is 16.5. The van der Waals surface area contributed by atoms with Crippen LogP contribution in [-0.4, -0.2) is 64.4 Å². The Bertz CT molecular complexity index is 541. The van der Waals surface area contributed by atoms with Gasteiger partial charge in [-0.15, -0.1) is 0 Å². The first-order valence-electron chi connectivity index (χ1n) is 6.48. The maximum Gasteiger partial charge on any atom is 0.328 e. The number of aliphatic hydroxyl groups is 1. The van der Waals surface area contributed by atoms with Crippen molar-refractivity contribution in [1.82, 2.24) is 9.88 Å². The monoisotopic (exact) mass is 292 g/mol. The van der Waals surface area contributed by atoms with Crippen LogP contribution in [0, 0.1) is 0 Å². The highest BCUT2D eigenvalue weighted by molar-refractivity contribution is 5.93. The molecule has 7 nitrogen and oxygen atoms in total. The Kier molecular flexibility index (Phi) is 5.02. The number of pyridine rings is 1.